The van der Waals surface area contributed by atoms with Crippen molar-refractivity contribution < 1.29 is 14.0 Å². The number of hydrogen-bond acceptors (Lipinski definition) is 4. The lowest BCUT2D eigenvalue weighted by Crippen LogP contribution is -2.14. The second-order valence-electron chi connectivity index (χ2n) is 6.29. The normalized spacial score (nSPS) is 10.4. The van der Waals surface area contributed by atoms with E-state index in [9.17, 15) is 14.0 Å². The van der Waals surface area contributed by atoms with E-state index in [0.29, 0.717) is 29.8 Å². The van der Waals surface area contributed by atoms with Crippen molar-refractivity contribution >= 4 is 23.1 Å². The Balaban J connectivity index is 1.56. The maximum Gasteiger partial charge on any atom is 0.274 e. The van der Waals surface area contributed by atoms with Crippen molar-refractivity contribution in [1.29, 1.82) is 0 Å². The molecule has 1 heterocycles. The van der Waals surface area contributed by atoms with Gasteiger partial charge < -0.3 is 10.6 Å². The van der Waals surface area contributed by atoms with E-state index in [2.05, 4.69) is 15.6 Å². The summed E-state index contributed by atoms with van der Waals surface area (Å²) in [5, 5.41) is 5.89. The van der Waals surface area contributed by atoms with E-state index in [0.717, 1.165) is 5.69 Å². The first-order valence-electron chi connectivity index (χ1n) is 8.88. The Morgan fingerprint density at radius 2 is 1.82 bits per heavy atom. The van der Waals surface area contributed by atoms with Gasteiger partial charge in [-0.15, -0.1) is 0 Å². The van der Waals surface area contributed by atoms with Gasteiger partial charge in [-0.3, -0.25) is 9.59 Å². The highest BCUT2D eigenvalue weighted by Gasteiger charge is 2.09. The fraction of sp³-hybridized carbons (Fsp3) is 0.136. The van der Waals surface area contributed by atoms with Gasteiger partial charge in [0.1, 0.15) is 11.5 Å². The first-order chi connectivity index (χ1) is 13.5. The smallest absolute Gasteiger partial charge is 0.274 e. The third-order valence-corrected chi connectivity index (χ3v) is 4.20. The molecule has 2 aromatic carbocycles. The predicted octanol–water partition coefficient (Wildman–Crippen LogP) is 4.33. The molecule has 3 aromatic rings. The number of hydrogen-bond donors (Lipinski definition) is 2. The van der Waals surface area contributed by atoms with Crippen LogP contribution < -0.4 is 10.6 Å². The van der Waals surface area contributed by atoms with Crippen LogP contribution >= 0.6 is 0 Å². The van der Waals surface area contributed by atoms with E-state index in [1.807, 2.05) is 0 Å². The molecule has 142 valence electrons. The van der Waals surface area contributed by atoms with Crippen LogP contribution in [0, 0.1) is 5.82 Å². The van der Waals surface area contributed by atoms with Crippen LogP contribution in [0.5, 0.6) is 0 Å². The van der Waals surface area contributed by atoms with Crippen molar-refractivity contribution in [2.45, 2.75) is 13.3 Å². The molecule has 2 N–H and O–H groups in total. The van der Waals surface area contributed by atoms with E-state index < -0.39 is 0 Å². The molecule has 3 rings (SSSR count). The van der Waals surface area contributed by atoms with Gasteiger partial charge in [-0.1, -0.05) is 30.3 Å². The summed E-state index contributed by atoms with van der Waals surface area (Å²) in [5.74, 6) is -0.651. The number of ketones is 1. The number of nitrogens with one attached hydrogen (secondary N) is 2. The Morgan fingerprint density at radius 1 is 1.00 bits per heavy atom. The van der Waals surface area contributed by atoms with Gasteiger partial charge in [0.15, 0.2) is 5.78 Å². The summed E-state index contributed by atoms with van der Waals surface area (Å²) in [6, 6.07) is 16.8. The molecule has 0 fully saturated rings. The van der Waals surface area contributed by atoms with Gasteiger partial charge in [-0.2, -0.15) is 0 Å². The zero-order valence-electron chi connectivity index (χ0n) is 15.4. The number of rotatable bonds is 7. The zero-order valence-corrected chi connectivity index (χ0v) is 15.4. The largest absolute Gasteiger partial charge is 0.383 e. The van der Waals surface area contributed by atoms with E-state index in [-0.39, 0.29) is 23.2 Å². The molecule has 0 bridgehead atoms. The summed E-state index contributed by atoms with van der Waals surface area (Å²) in [7, 11) is 0. The molecule has 0 saturated heterocycles. The van der Waals surface area contributed by atoms with Crippen molar-refractivity contribution in [2.75, 3.05) is 17.2 Å². The predicted molar refractivity (Wildman–Crippen MR) is 107 cm³/mol. The van der Waals surface area contributed by atoms with E-state index >= 15 is 0 Å². The number of pyridine rings is 1. The molecule has 0 radical (unpaired) electrons. The van der Waals surface area contributed by atoms with Crippen molar-refractivity contribution in [3.05, 3.63) is 89.5 Å². The van der Waals surface area contributed by atoms with E-state index in [1.54, 1.807) is 60.8 Å². The summed E-state index contributed by atoms with van der Waals surface area (Å²) < 4.78 is 13.6. The molecule has 5 nitrogen and oxygen atoms in total. The van der Waals surface area contributed by atoms with Crippen molar-refractivity contribution in [2.24, 2.45) is 0 Å². The van der Waals surface area contributed by atoms with Crippen LogP contribution in [0.2, 0.25) is 0 Å². The molecule has 0 atom stereocenters. The summed E-state index contributed by atoms with van der Waals surface area (Å²) in [6.45, 7) is 2.02. The number of Topliss-reactive ketones (excluding diaryl/α,β-unsaturated/α-hetero) is 1. The molecule has 1 amide bonds. The monoisotopic (exact) mass is 377 g/mol. The summed E-state index contributed by atoms with van der Waals surface area (Å²) >= 11 is 0. The first kappa shape index (κ1) is 19.2. The lowest BCUT2D eigenvalue weighted by Gasteiger charge is -2.09. The molecule has 0 saturated carbocycles. The Hall–Kier alpha value is -3.54. The third-order valence-electron chi connectivity index (χ3n) is 4.20. The van der Waals surface area contributed by atoms with Crippen LogP contribution in [0.1, 0.15) is 33.3 Å². The maximum absolute atomic E-state index is 13.6. The Kier molecular flexibility index (Phi) is 6.11. The summed E-state index contributed by atoms with van der Waals surface area (Å²) in [6.07, 6.45) is 2.10. The highest BCUT2D eigenvalue weighted by atomic mass is 19.1. The van der Waals surface area contributed by atoms with Crippen molar-refractivity contribution in [3.8, 4) is 0 Å². The van der Waals surface area contributed by atoms with Crippen molar-refractivity contribution in [3.63, 3.8) is 0 Å². The minimum atomic E-state index is -0.362. The molecule has 0 aliphatic heterocycles. The quantitative estimate of drug-likeness (QED) is 0.601. The number of benzene rings is 2. The molecule has 0 unspecified atom stereocenters. The van der Waals surface area contributed by atoms with Gasteiger partial charge in [0.05, 0.1) is 11.9 Å². The summed E-state index contributed by atoms with van der Waals surface area (Å²) in [5.41, 5.74) is 2.71. The Morgan fingerprint density at radius 3 is 2.54 bits per heavy atom. The standard InChI is InChI=1S/C22H20FN3O2/c1-15(27)17-6-4-7-18(13-17)26-22(28)21-10-9-19(14-25-21)24-12-11-16-5-2-3-8-20(16)23/h2-10,13-14,24H,11-12H2,1H3,(H,26,28). The van der Waals surface area contributed by atoms with Crippen LogP contribution in [0.3, 0.4) is 0 Å². The van der Waals surface area contributed by atoms with E-state index in [4.69, 9.17) is 0 Å². The number of carbonyl (C=O) groups is 2. The highest BCUT2D eigenvalue weighted by Crippen LogP contribution is 2.14. The van der Waals surface area contributed by atoms with Gasteiger partial charge in [-0.05, 0) is 49.2 Å². The molecule has 28 heavy (non-hydrogen) atoms. The van der Waals surface area contributed by atoms with Gasteiger partial charge in [-0.25, -0.2) is 9.37 Å². The number of aromatic nitrogens is 1. The van der Waals surface area contributed by atoms with Gasteiger partial charge in [0.2, 0.25) is 0 Å². The Bertz CT molecular complexity index is 987. The average Bonchev–Trinajstić information content (AvgIpc) is 2.70. The van der Waals surface area contributed by atoms with Gasteiger partial charge in [0.25, 0.3) is 5.91 Å². The van der Waals surface area contributed by atoms with Crippen LogP contribution in [-0.4, -0.2) is 23.2 Å². The fourth-order valence-electron chi connectivity index (χ4n) is 2.69. The maximum atomic E-state index is 13.6. The lowest BCUT2D eigenvalue weighted by molar-refractivity contribution is 0.100. The minimum absolute atomic E-state index is 0.0694. The van der Waals surface area contributed by atoms with Crippen LogP contribution in [0.15, 0.2) is 66.9 Å². The topological polar surface area (TPSA) is 71.1 Å². The molecular formula is C22H20FN3O2. The molecular weight excluding hydrogens is 357 g/mol. The first-order valence-corrected chi connectivity index (χ1v) is 8.88. The second kappa shape index (κ2) is 8.90. The lowest BCUT2D eigenvalue weighted by atomic mass is 10.1. The van der Waals surface area contributed by atoms with Crippen LogP contribution in [-0.2, 0) is 6.42 Å². The molecule has 1 aromatic heterocycles. The highest BCUT2D eigenvalue weighted by molar-refractivity contribution is 6.04. The van der Waals surface area contributed by atoms with Crippen LogP contribution in [0.25, 0.3) is 0 Å². The average molecular weight is 377 g/mol. The Labute approximate surface area is 162 Å². The fourth-order valence-corrected chi connectivity index (χ4v) is 2.69. The number of nitrogens with zero attached hydrogens (tertiary/aromatic N) is 1. The molecule has 0 aliphatic rings. The summed E-state index contributed by atoms with van der Waals surface area (Å²) in [4.78, 5) is 27.9. The molecule has 0 aliphatic carbocycles. The minimum Gasteiger partial charge on any atom is -0.383 e. The van der Waals surface area contributed by atoms with Gasteiger partial charge >= 0.3 is 0 Å². The zero-order chi connectivity index (χ0) is 19.9. The molecule has 6 heteroatoms. The molecule has 0 spiro atoms. The number of carbonyl (C=O) groups excluding carboxylic acids is 2. The number of amides is 1. The second-order valence-corrected chi connectivity index (χ2v) is 6.29. The van der Waals surface area contributed by atoms with Crippen molar-refractivity contribution in [1.82, 2.24) is 4.98 Å². The number of halogens is 1. The van der Waals surface area contributed by atoms with Crippen LogP contribution in [0.4, 0.5) is 15.8 Å². The van der Waals surface area contributed by atoms with Gasteiger partial charge in [0, 0.05) is 17.8 Å². The number of anilines is 2. The van der Waals surface area contributed by atoms with E-state index in [1.165, 1.54) is 13.0 Å². The third kappa shape index (κ3) is 5.01. The SMILES string of the molecule is CC(=O)c1cccc(NC(=O)c2ccc(NCCc3ccccc3F)cn2)c1.